The molecule has 0 N–H and O–H groups in total. The van der Waals surface area contributed by atoms with E-state index in [4.69, 9.17) is 29.0 Å². The Kier molecular flexibility index (Phi) is 9.40. The largest absolute Gasteiger partial charge is 0.443 e. The van der Waals surface area contributed by atoms with Gasteiger partial charge in [0.1, 0.15) is 23.3 Å². The Bertz CT molecular complexity index is 1770. The summed E-state index contributed by atoms with van der Waals surface area (Å²) in [4.78, 5) is 33.8. The third kappa shape index (κ3) is 6.92. The monoisotopic (exact) mass is 689 g/mol. The molecule has 5 heterocycles. The molecule has 6 rings (SSSR count). The highest BCUT2D eigenvalue weighted by Crippen LogP contribution is 2.44. The molecule has 15 heteroatoms. The lowest BCUT2D eigenvalue weighted by atomic mass is 9.72. The van der Waals surface area contributed by atoms with E-state index >= 15 is 0 Å². The number of amides is 2. The molecule has 3 aliphatic rings. The van der Waals surface area contributed by atoms with Crippen molar-refractivity contribution in [2.75, 3.05) is 20.8 Å². The Morgan fingerprint density at radius 3 is 2.38 bits per heavy atom. The van der Waals surface area contributed by atoms with Gasteiger partial charge in [-0.15, -0.1) is 0 Å². The van der Waals surface area contributed by atoms with E-state index < -0.39 is 41.2 Å². The molecule has 15 nitrogen and oxygen atoms in total. The molecule has 0 spiro atoms. The fraction of sp³-hybridized carbons (Fsp3) is 0.600. The van der Waals surface area contributed by atoms with Crippen LogP contribution in [0.4, 0.5) is 9.59 Å². The van der Waals surface area contributed by atoms with E-state index in [-0.39, 0.29) is 11.9 Å². The molecule has 1 saturated heterocycles. The lowest BCUT2D eigenvalue weighted by Crippen LogP contribution is -2.52. The van der Waals surface area contributed by atoms with Crippen LogP contribution in [0.5, 0.6) is 0 Å². The first kappa shape index (κ1) is 35.3. The Morgan fingerprint density at radius 1 is 1.08 bits per heavy atom. The maximum atomic E-state index is 13.8. The topological polar surface area (TPSA) is 153 Å². The number of ether oxygens (including phenoxy) is 4. The molecule has 3 aromatic rings. The SMILES string of the molecule is CO[C@H]1C[C@](CC#N)(n2cc(-c3nc(C4C=C(N(C(=O)OC(C)(C)C)C(=O)OC(C)(C)C)N(C5CCCCO5)N4C)cn4nccc34)cn2)C1. The van der Waals surface area contributed by atoms with E-state index in [9.17, 15) is 14.9 Å². The van der Waals surface area contributed by atoms with Crippen LogP contribution in [0.25, 0.3) is 16.8 Å². The minimum Gasteiger partial charge on any atom is -0.443 e. The van der Waals surface area contributed by atoms with Gasteiger partial charge < -0.3 is 18.9 Å². The smallest absolute Gasteiger partial charge is 0.425 e. The fourth-order valence-electron chi connectivity index (χ4n) is 6.74. The van der Waals surface area contributed by atoms with Crippen molar-refractivity contribution in [3.63, 3.8) is 0 Å². The molecule has 3 aromatic heterocycles. The predicted molar refractivity (Wildman–Crippen MR) is 181 cm³/mol. The van der Waals surface area contributed by atoms with Crippen molar-refractivity contribution < 1.29 is 28.5 Å². The van der Waals surface area contributed by atoms with Gasteiger partial charge in [0.15, 0.2) is 0 Å². The molecule has 2 fully saturated rings. The van der Waals surface area contributed by atoms with Crippen LogP contribution >= 0.6 is 0 Å². The number of methoxy groups -OCH3 is 1. The minimum atomic E-state index is -0.879. The first-order chi connectivity index (χ1) is 23.6. The van der Waals surface area contributed by atoms with E-state index in [2.05, 4.69) is 11.2 Å². The molecule has 0 bridgehead atoms. The van der Waals surface area contributed by atoms with Crippen molar-refractivity contribution in [2.24, 2.45) is 0 Å². The lowest BCUT2D eigenvalue weighted by molar-refractivity contribution is -0.160. The molecule has 1 aliphatic carbocycles. The van der Waals surface area contributed by atoms with Crippen LogP contribution in [0.3, 0.4) is 0 Å². The van der Waals surface area contributed by atoms with Crippen molar-refractivity contribution in [3.05, 3.63) is 48.4 Å². The van der Waals surface area contributed by atoms with Crippen molar-refractivity contribution in [3.8, 4) is 17.3 Å². The van der Waals surface area contributed by atoms with Crippen LogP contribution in [0, 0.1) is 11.3 Å². The Labute approximate surface area is 292 Å². The van der Waals surface area contributed by atoms with Gasteiger partial charge in [-0.3, -0.25) is 9.69 Å². The first-order valence-electron chi connectivity index (χ1n) is 17.0. The summed E-state index contributed by atoms with van der Waals surface area (Å²) in [5, 5.41) is 22.6. The molecular weight excluding hydrogens is 642 g/mol. The minimum absolute atomic E-state index is 0.0786. The molecule has 2 amide bonds. The Morgan fingerprint density at radius 2 is 1.78 bits per heavy atom. The number of hydrogen-bond donors (Lipinski definition) is 0. The summed E-state index contributed by atoms with van der Waals surface area (Å²) in [6.07, 6.45) is 11.1. The zero-order valence-corrected chi connectivity index (χ0v) is 30.1. The molecule has 0 radical (unpaired) electrons. The highest BCUT2D eigenvalue weighted by molar-refractivity contribution is 5.90. The third-order valence-electron chi connectivity index (χ3n) is 9.10. The van der Waals surface area contributed by atoms with Crippen LogP contribution in [-0.4, -0.2) is 95.8 Å². The van der Waals surface area contributed by atoms with Gasteiger partial charge in [-0.25, -0.2) is 24.1 Å². The van der Waals surface area contributed by atoms with Crippen LogP contribution in [0.15, 0.2) is 42.8 Å². The van der Waals surface area contributed by atoms with E-state index in [0.717, 1.165) is 28.8 Å². The zero-order chi connectivity index (χ0) is 36.0. The number of carbonyl (C=O) groups excluding carboxylic acids is 2. The number of hydrogen-bond acceptors (Lipinski definition) is 12. The fourth-order valence-corrected chi connectivity index (χ4v) is 6.74. The van der Waals surface area contributed by atoms with Gasteiger partial charge in [-0.2, -0.15) is 20.4 Å². The van der Waals surface area contributed by atoms with Crippen molar-refractivity contribution in [1.29, 1.82) is 5.26 Å². The number of aromatic nitrogens is 5. The summed E-state index contributed by atoms with van der Waals surface area (Å²) in [5.41, 5.74) is 0.576. The zero-order valence-electron chi connectivity index (χ0n) is 30.1. The summed E-state index contributed by atoms with van der Waals surface area (Å²) < 4.78 is 26.9. The number of fused-ring (bicyclic) bond motifs is 1. The molecule has 2 unspecified atom stereocenters. The predicted octanol–water partition coefficient (Wildman–Crippen LogP) is 5.75. The van der Waals surface area contributed by atoms with Crippen molar-refractivity contribution in [2.45, 2.75) is 115 Å². The Balaban J connectivity index is 1.44. The summed E-state index contributed by atoms with van der Waals surface area (Å²) in [5.74, 6) is 0.251. The second kappa shape index (κ2) is 13.3. The molecule has 2 atom stereocenters. The first-order valence-corrected chi connectivity index (χ1v) is 17.0. The highest BCUT2D eigenvalue weighted by atomic mass is 16.6. The lowest BCUT2D eigenvalue weighted by Gasteiger charge is -2.45. The van der Waals surface area contributed by atoms with Crippen LogP contribution in [0.2, 0.25) is 0 Å². The van der Waals surface area contributed by atoms with Gasteiger partial charge in [0.25, 0.3) is 0 Å². The van der Waals surface area contributed by atoms with Gasteiger partial charge >= 0.3 is 12.2 Å². The van der Waals surface area contributed by atoms with Crippen LogP contribution < -0.4 is 0 Å². The molecule has 1 saturated carbocycles. The normalized spacial score (nSPS) is 24.4. The summed E-state index contributed by atoms with van der Waals surface area (Å²) in [6.45, 7) is 11.0. The van der Waals surface area contributed by atoms with E-state index in [0.29, 0.717) is 43.7 Å². The standard InChI is InChI=1S/C35H47N9O6/c1-33(2,3)49-31(45)43(32(46)50-34(4,5)6)28-17-27(40(7)44(28)29-11-9-10-16-48-29)25-22-41-26(12-15-37-41)30(39-25)23-20-38-42(21-23)35(13-14-36)18-24(19-35)47-8/h12,15,17,20-22,24,27,29H,9-11,13,16,18-19H2,1-8H3/t24-,27?,29?,35-. The highest BCUT2D eigenvalue weighted by Gasteiger charge is 2.48. The van der Waals surface area contributed by atoms with E-state index in [1.54, 1.807) is 71.6 Å². The second-order valence-electron chi connectivity index (χ2n) is 15.2. The number of nitriles is 1. The molecule has 2 aliphatic heterocycles. The van der Waals surface area contributed by atoms with E-state index in [1.807, 2.05) is 40.2 Å². The van der Waals surface area contributed by atoms with Gasteiger partial charge in [0.2, 0.25) is 0 Å². The molecule has 50 heavy (non-hydrogen) atoms. The Hall–Kier alpha value is -4.52. The number of likely N-dealkylation sites (N-methyl/N-ethyl adjacent to an activating group) is 1. The number of carbonyl (C=O) groups is 2. The van der Waals surface area contributed by atoms with E-state index in [1.165, 1.54) is 0 Å². The van der Waals surface area contributed by atoms with Crippen LogP contribution in [0.1, 0.15) is 91.8 Å². The third-order valence-corrected chi connectivity index (χ3v) is 9.10. The van der Waals surface area contributed by atoms with Gasteiger partial charge in [0.05, 0.1) is 65.7 Å². The van der Waals surface area contributed by atoms with Gasteiger partial charge in [-0.1, -0.05) is 0 Å². The van der Waals surface area contributed by atoms with Gasteiger partial charge in [-0.05, 0) is 85.8 Å². The maximum absolute atomic E-state index is 13.8. The number of nitrogens with zero attached hydrogens (tertiary/aromatic N) is 9. The second-order valence-corrected chi connectivity index (χ2v) is 15.2. The number of imide groups is 1. The maximum Gasteiger partial charge on any atom is 0.425 e. The average molecular weight is 690 g/mol. The summed E-state index contributed by atoms with van der Waals surface area (Å²) >= 11 is 0. The number of rotatable bonds is 7. The molecular formula is C35H47N9O6. The van der Waals surface area contributed by atoms with Crippen molar-refractivity contribution >= 4 is 17.7 Å². The van der Waals surface area contributed by atoms with Gasteiger partial charge in [0, 0.05) is 32.5 Å². The summed E-state index contributed by atoms with van der Waals surface area (Å²) in [6, 6.07) is 3.65. The number of hydrazine groups is 1. The molecule has 268 valence electrons. The molecule has 0 aromatic carbocycles. The van der Waals surface area contributed by atoms with Crippen molar-refractivity contribution in [1.82, 2.24) is 39.3 Å². The average Bonchev–Trinajstić information content (AvgIpc) is 3.76. The quantitative estimate of drug-likeness (QED) is 0.297. The summed E-state index contributed by atoms with van der Waals surface area (Å²) in [7, 11) is 3.55. The van der Waals surface area contributed by atoms with Crippen LogP contribution in [-0.2, 0) is 24.5 Å².